The highest BCUT2D eigenvalue weighted by Crippen LogP contribution is 2.22. The van der Waals surface area contributed by atoms with E-state index >= 15 is 0 Å². The number of carbonyl (C=O) groups is 3. The van der Waals surface area contributed by atoms with Crippen LogP contribution in [0.2, 0.25) is 0 Å². The topological polar surface area (TPSA) is 84.9 Å². The molecule has 1 heterocycles. The first-order chi connectivity index (χ1) is 16.9. The third-order valence-electron chi connectivity index (χ3n) is 5.39. The average Bonchev–Trinajstić information content (AvgIpc) is 3.42. The lowest BCUT2D eigenvalue weighted by Crippen LogP contribution is -2.30. The predicted molar refractivity (Wildman–Crippen MR) is 136 cm³/mol. The van der Waals surface area contributed by atoms with Crippen molar-refractivity contribution < 1.29 is 23.9 Å². The quantitative estimate of drug-likeness (QED) is 0.354. The van der Waals surface area contributed by atoms with Crippen molar-refractivity contribution in [1.29, 1.82) is 0 Å². The Hall–Kier alpha value is -4.17. The molecule has 2 amide bonds. The molecule has 3 aromatic carbocycles. The number of nitrogens with zero attached hydrogens (tertiary/aromatic N) is 1. The van der Waals surface area contributed by atoms with Crippen LogP contribution in [0.3, 0.4) is 0 Å². The number of likely N-dealkylation sites (N-methyl/N-ethyl adjacent to an activating group) is 1. The Kier molecular flexibility index (Phi) is 7.42. The molecule has 35 heavy (non-hydrogen) atoms. The zero-order valence-corrected chi connectivity index (χ0v) is 20.1. The fourth-order valence-corrected chi connectivity index (χ4v) is 4.12. The molecule has 8 heteroatoms. The van der Waals surface area contributed by atoms with Crippen LogP contribution in [0.1, 0.15) is 25.6 Å². The number of fused-ring (bicyclic) bond motifs is 1. The lowest BCUT2D eigenvalue weighted by Gasteiger charge is -2.18. The molecule has 0 bridgehead atoms. The highest BCUT2D eigenvalue weighted by molar-refractivity contribution is 7.12. The maximum atomic E-state index is 12.6. The molecular weight excluding hydrogens is 464 g/mol. The van der Waals surface area contributed by atoms with E-state index < -0.39 is 5.97 Å². The van der Waals surface area contributed by atoms with E-state index in [1.807, 2.05) is 41.8 Å². The Morgan fingerprint density at radius 3 is 2.51 bits per heavy atom. The molecule has 0 atom stereocenters. The standard InChI is InChI=1S/C27H24N2O5S/c1-29(16-18-8-9-20-15-23(33-2)11-10-19(20)13-18)25(30)17-34-27(32)21-5-3-6-22(14-21)28-26(31)24-7-4-12-35-24/h3-15H,16-17H2,1-2H3,(H,28,31). The largest absolute Gasteiger partial charge is 0.497 e. The normalized spacial score (nSPS) is 10.6. The molecule has 4 aromatic rings. The maximum Gasteiger partial charge on any atom is 0.338 e. The number of nitrogens with one attached hydrogen (secondary N) is 1. The van der Waals surface area contributed by atoms with Crippen molar-refractivity contribution in [2.45, 2.75) is 6.54 Å². The molecule has 0 aliphatic carbocycles. The van der Waals surface area contributed by atoms with Crippen LogP contribution < -0.4 is 10.1 Å². The zero-order chi connectivity index (χ0) is 24.8. The molecule has 0 unspecified atom stereocenters. The van der Waals surface area contributed by atoms with Crippen molar-refractivity contribution in [3.63, 3.8) is 0 Å². The van der Waals surface area contributed by atoms with Gasteiger partial charge in [0.1, 0.15) is 5.75 Å². The van der Waals surface area contributed by atoms with Gasteiger partial charge in [0.15, 0.2) is 6.61 Å². The van der Waals surface area contributed by atoms with Gasteiger partial charge < -0.3 is 19.7 Å². The third kappa shape index (κ3) is 6.04. The lowest BCUT2D eigenvalue weighted by molar-refractivity contribution is -0.133. The van der Waals surface area contributed by atoms with E-state index in [-0.39, 0.29) is 24.0 Å². The summed E-state index contributed by atoms with van der Waals surface area (Å²) in [4.78, 5) is 39.3. The minimum absolute atomic E-state index is 0.245. The number of ether oxygens (including phenoxy) is 2. The van der Waals surface area contributed by atoms with E-state index in [9.17, 15) is 14.4 Å². The van der Waals surface area contributed by atoms with Gasteiger partial charge in [-0.3, -0.25) is 9.59 Å². The van der Waals surface area contributed by atoms with Crippen LogP contribution in [0.4, 0.5) is 5.69 Å². The maximum absolute atomic E-state index is 12.6. The minimum Gasteiger partial charge on any atom is -0.497 e. The monoisotopic (exact) mass is 488 g/mol. The first-order valence-corrected chi connectivity index (χ1v) is 11.7. The van der Waals surface area contributed by atoms with Crippen molar-refractivity contribution in [1.82, 2.24) is 4.90 Å². The Labute approximate surface area is 206 Å². The number of thiophene rings is 1. The van der Waals surface area contributed by atoms with E-state index in [0.29, 0.717) is 17.1 Å². The van der Waals surface area contributed by atoms with Crippen molar-refractivity contribution in [2.24, 2.45) is 0 Å². The Bertz CT molecular complexity index is 1370. The van der Waals surface area contributed by atoms with E-state index in [1.165, 1.54) is 22.3 Å². The molecule has 178 valence electrons. The van der Waals surface area contributed by atoms with Gasteiger partial charge in [0.2, 0.25) is 0 Å². The zero-order valence-electron chi connectivity index (χ0n) is 19.3. The fraction of sp³-hybridized carbons (Fsp3) is 0.148. The molecule has 0 aliphatic rings. The smallest absolute Gasteiger partial charge is 0.338 e. The van der Waals surface area contributed by atoms with Gasteiger partial charge in [0, 0.05) is 19.3 Å². The van der Waals surface area contributed by atoms with E-state index in [0.717, 1.165) is 22.1 Å². The predicted octanol–water partition coefficient (Wildman–Crippen LogP) is 4.98. The molecule has 0 saturated carbocycles. The summed E-state index contributed by atoms with van der Waals surface area (Å²) in [5.74, 6) is -0.432. The second-order valence-corrected chi connectivity index (χ2v) is 8.83. The summed E-state index contributed by atoms with van der Waals surface area (Å²) >= 11 is 1.33. The second kappa shape index (κ2) is 10.8. The van der Waals surface area contributed by atoms with Gasteiger partial charge in [-0.05, 0) is 64.2 Å². The summed E-state index contributed by atoms with van der Waals surface area (Å²) in [5.41, 5.74) is 1.67. The van der Waals surface area contributed by atoms with Crippen LogP contribution in [0, 0.1) is 0 Å². The van der Waals surface area contributed by atoms with Crippen molar-refractivity contribution >= 4 is 45.6 Å². The summed E-state index contributed by atoms with van der Waals surface area (Å²) < 4.78 is 10.5. The van der Waals surface area contributed by atoms with Gasteiger partial charge in [0.25, 0.3) is 11.8 Å². The number of amides is 2. The number of hydrogen-bond acceptors (Lipinski definition) is 6. The van der Waals surface area contributed by atoms with Crippen LogP contribution >= 0.6 is 11.3 Å². The summed E-state index contributed by atoms with van der Waals surface area (Å²) in [6, 6.07) is 21.7. The molecule has 1 N–H and O–H groups in total. The van der Waals surface area contributed by atoms with Crippen molar-refractivity contribution in [3.8, 4) is 5.75 Å². The first-order valence-electron chi connectivity index (χ1n) is 10.9. The molecule has 1 aromatic heterocycles. The molecular formula is C27H24N2O5S. The van der Waals surface area contributed by atoms with Gasteiger partial charge in [0.05, 0.1) is 17.6 Å². The summed E-state index contributed by atoms with van der Waals surface area (Å²) in [6.45, 7) is -0.00547. The molecule has 4 rings (SSSR count). The van der Waals surface area contributed by atoms with Gasteiger partial charge >= 0.3 is 5.97 Å². The number of esters is 1. The van der Waals surface area contributed by atoms with Gasteiger partial charge in [-0.25, -0.2) is 4.79 Å². The molecule has 0 fully saturated rings. The molecule has 0 saturated heterocycles. The highest BCUT2D eigenvalue weighted by Gasteiger charge is 2.15. The Balaban J connectivity index is 1.32. The van der Waals surface area contributed by atoms with Gasteiger partial charge in [-0.1, -0.05) is 30.3 Å². The molecule has 7 nitrogen and oxygen atoms in total. The average molecular weight is 489 g/mol. The highest BCUT2D eigenvalue weighted by atomic mass is 32.1. The number of benzene rings is 3. The van der Waals surface area contributed by atoms with Crippen LogP contribution in [-0.4, -0.2) is 43.4 Å². The van der Waals surface area contributed by atoms with Crippen LogP contribution in [0.25, 0.3) is 10.8 Å². The lowest BCUT2D eigenvalue weighted by atomic mass is 10.1. The van der Waals surface area contributed by atoms with Crippen LogP contribution in [0.15, 0.2) is 78.2 Å². The Morgan fingerprint density at radius 2 is 1.74 bits per heavy atom. The number of anilines is 1. The van der Waals surface area contributed by atoms with Crippen LogP contribution in [-0.2, 0) is 16.1 Å². The number of rotatable bonds is 8. The van der Waals surface area contributed by atoms with Crippen molar-refractivity contribution in [3.05, 3.63) is 94.2 Å². The summed E-state index contributed by atoms with van der Waals surface area (Å²) in [5, 5.41) is 6.65. The number of hydrogen-bond donors (Lipinski definition) is 1. The third-order valence-corrected chi connectivity index (χ3v) is 6.25. The molecule has 0 aliphatic heterocycles. The van der Waals surface area contributed by atoms with E-state index in [2.05, 4.69) is 5.32 Å². The van der Waals surface area contributed by atoms with Crippen LogP contribution in [0.5, 0.6) is 5.75 Å². The Morgan fingerprint density at radius 1 is 0.943 bits per heavy atom. The SMILES string of the molecule is COc1ccc2cc(CN(C)C(=O)COC(=O)c3cccc(NC(=O)c4cccs4)c3)ccc2c1. The van der Waals surface area contributed by atoms with Crippen molar-refractivity contribution in [2.75, 3.05) is 26.1 Å². The first kappa shape index (κ1) is 24.0. The summed E-state index contributed by atoms with van der Waals surface area (Å²) in [6.07, 6.45) is 0. The van der Waals surface area contributed by atoms with Gasteiger partial charge in [-0.15, -0.1) is 11.3 Å². The molecule has 0 radical (unpaired) electrons. The van der Waals surface area contributed by atoms with E-state index in [1.54, 1.807) is 44.5 Å². The molecule has 0 spiro atoms. The fourth-order valence-electron chi connectivity index (χ4n) is 3.51. The number of carbonyl (C=O) groups excluding carboxylic acids is 3. The minimum atomic E-state index is -0.640. The summed E-state index contributed by atoms with van der Waals surface area (Å²) in [7, 11) is 3.29. The van der Waals surface area contributed by atoms with Gasteiger partial charge in [-0.2, -0.15) is 0 Å². The second-order valence-electron chi connectivity index (χ2n) is 7.89. The number of methoxy groups -OCH3 is 1. The van der Waals surface area contributed by atoms with E-state index in [4.69, 9.17) is 9.47 Å².